The van der Waals surface area contributed by atoms with Crippen molar-refractivity contribution in [3.63, 3.8) is 0 Å². The molecule has 0 aliphatic heterocycles. The molecule has 3 heteroatoms. The van der Waals surface area contributed by atoms with Crippen LogP contribution in [0.1, 0.15) is 36.2 Å². The Balaban J connectivity index is 2.72. The molecule has 1 aromatic rings. The quantitative estimate of drug-likeness (QED) is 0.778. The van der Waals surface area contributed by atoms with E-state index >= 15 is 0 Å². The van der Waals surface area contributed by atoms with E-state index in [1.165, 1.54) is 12.1 Å². The van der Waals surface area contributed by atoms with Gasteiger partial charge in [-0.25, -0.2) is 4.39 Å². The van der Waals surface area contributed by atoms with Crippen molar-refractivity contribution in [3.05, 3.63) is 35.1 Å². The van der Waals surface area contributed by atoms with Gasteiger partial charge in [0.25, 0.3) is 0 Å². The molecule has 16 heavy (non-hydrogen) atoms. The zero-order valence-electron chi connectivity index (χ0n) is 10.0. The van der Waals surface area contributed by atoms with Crippen LogP contribution in [0.3, 0.4) is 0 Å². The fourth-order valence-corrected chi connectivity index (χ4v) is 1.71. The lowest BCUT2D eigenvalue weighted by Gasteiger charge is -2.11. The van der Waals surface area contributed by atoms with Gasteiger partial charge in [0, 0.05) is 18.0 Å². The lowest BCUT2D eigenvalue weighted by atomic mass is 10.0. The predicted molar refractivity (Wildman–Crippen MR) is 63.2 cm³/mol. The van der Waals surface area contributed by atoms with Crippen molar-refractivity contribution >= 4 is 5.78 Å². The van der Waals surface area contributed by atoms with E-state index in [9.17, 15) is 9.18 Å². The van der Waals surface area contributed by atoms with Gasteiger partial charge in [0.1, 0.15) is 5.82 Å². The van der Waals surface area contributed by atoms with Crippen molar-refractivity contribution < 1.29 is 9.18 Å². The molecule has 0 bridgehead atoms. The molecule has 1 unspecified atom stereocenters. The fraction of sp³-hybridized carbons (Fsp3) is 0.462. The minimum absolute atomic E-state index is 0.0175. The van der Waals surface area contributed by atoms with Gasteiger partial charge < -0.3 is 5.32 Å². The van der Waals surface area contributed by atoms with Crippen LogP contribution >= 0.6 is 0 Å². The van der Waals surface area contributed by atoms with Crippen molar-refractivity contribution in [1.29, 1.82) is 0 Å². The molecule has 0 fully saturated rings. The summed E-state index contributed by atoms with van der Waals surface area (Å²) in [7, 11) is 0. The first kappa shape index (κ1) is 12.8. The number of Topliss-reactive ketones (excluding diaryl/α,β-unsaturated/α-hetero) is 1. The third-order valence-corrected chi connectivity index (χ3v) is 2.41. The number of benzene rings is 1. The normalized spacial score (nSPS) is 12.5. The first-order chi connectivity index (χ1) is 7.52. The first-order valence-electron chi connectivity index (χ1n) is 5.56. The maximum Gasteiger partial charge on any atom is 0.164 e. The smallest absolute Gasteiger partial charge is 0.164 e. The first-order valence-corrected chi connectivity index (χ1v) is 5.56. The largest absolute Gasteiger partial charge is 0.314 e. The molecule has 0 amide bonds. The molecule has 0 saturated carbocycles. The van der Waals surface area contributed by atoms with Gasteiger partial charge in [-0.15, -0.1) is 0 Å². The maximum absolute atomic E-state index is 13.1. The minimum Gasteiger partial charge on any atom is -0.314 e. The van der Waals surface area contributed by atoms with E-state index in [1.807, 2.05) is 13.8 Å². The van der Waals surface area contributed by atoms with Gasteiger partial charge in [0.15, 0.2) is 5.78 Å². The summed E-state index contributed by atoms with van der Waals surface area (Å²) in [6.45, 7) is 6.56. The molecule has 1 aromatic carbocycles. The van der Waals surface area contributed by atoms with E-state index in [-0.39, 0.29) is 17.6 Å². The van der Waals surface area contributed by atoms with Crippen molar-refractivity contribution in [2.24, 2.45) is 0 Å². The highest BCUT2D eigenvalue weighted by molar-refractivity contribution is 5.96. The molecular formula is C13H18FNO. The predicted octanol–water partition coefficient (Wildman–Crippen LogP) is 2.70. The Labute approximate surface area is 95.9 Å². The molecule has 88 valence electrons. The van der Waals surface area contributed by atoms with Crippen molar-refractivity contribution in [3.8, 4) is 0 Å². The lowest BCUT2D eigenvalue weighted by Crippen LogP contribution is -2.28. The summed E-state index contributed by atoms with van der Waals surface area (Å²) in [6, 6.07) is 4.57. The highest BCUT2D eigenvalue weighted by Gasteiger charge is 2.11. The highest BCUT2D eigenvalue weighted by atomic mass is 19.1. The average molecular weight is 223 g/mol. The lowest BCUT2D eigenvalue weighted by molar-refractivity contribution is 0.0971. The Kier molecular flexibility index (Phi) is 4.62. The van der Waals surface area contributed by atoms with E-state index < -0.39 is 0 Å². The van der Waals surface area contributed by atoms with Crippen LogP contribution in [-0.4, -0.2) is 18.4 Å². The standard InChI is InChI=1S/C13H18FNO/c1-4-15-10(3)7-13(16)11-5-9(2)6-12(14)8-11/h5-6,8,10,15H,4,7H2,1-3H3. The molecule has 1 rings (SSSR count). The second-order valence-electron chi connectivity index (χ2n) is 4.10. The Hall–Kier alpha value is -1.22. The van der Waals surface area contributed by atoms with Gasteiger partial charge in [0.05, 0.1) is 0 Å². The molecule has 0 saturated heterocycles. The van der Waals surface area contributed by atoms with Crippen LogP contribution in [0.2, 0.25) is 0 Å². The number of ketones is 1. The van der Waals surface area contributed by atoms with Crippen LogP contribution in [-0.2, 0) is 0 Å². The van der Waals surface area contributed by atoms with Gasteiger partial charge >= 0.3 is 0 Å². The summed E-state index contributed by atoms with van der Waals surface area (Å²) in [4.78, 5) is 11.8. The summed E-state index contributed by atoms with van der Waals surface area (Å²) >= 11 is 0. The zero-order valence-corrected chi connectivity index (χ0v) is 10.0. The molecule has 1 N–H and O–H groups in total. The van der Waals surface area contributed by atoms with Crippen LogP contribution in [0.5, 0.6) is 0 Å². The summed E-state index contributed by atoms with van der Waals surface area (Å²) in [5.41, 5.74) is 1.24. The number of hydrogen-bond acceptors (Lipinski definition) is 2. The van der Waals surface area contributed by atoms with Crippen LogP contribution < -0.4 is 5.32 Å². The van der Waals surface area contributed by atoms with Gasteiger partial charge in [-0.2, -0.15) is 0 Å². The Morgan fingerprint density at radius 2 is 2.12 bits per heavy atom. The molecule has 1 atom stereocenters. The topological polar surface area (TPSA) is 29.1 Å². The van der Waals surface area contributed by atoms with Crippen LogP contribution in [0, 0.1) is 12.7 Å². The Bertz CT molecular complexity index is 356. The van der Waals surface area contributed by atoms with Crippen LogP contribution in [0.15, 0.2) is 18.2 Å². The van der Waals surface area contributed by atoms with Gasteiger partial charge in [-0.3, -0.25) is 4.79 Å². The summed E-state index contributed by atoms with van der Waals surface area (Å²) in [6.07, 6.45) is 0.400. The zero-order chi connectivity index (χ0) is 12.1. The fourth-order valence-electron chi connectivity index (χ4n) is 1.71. The van der Waals surface area contributed by atoms with E-state index in [0.717, 1.165) is 12.1 Å². The monoisotopic (exact) mass is 223 g/mol. The molecule has 0 aromatic heterocycles. The van der Waals surface area contributed by atoms with E-state index in [0.29, 0.717) is 12.0 Å². The number of aryl methyl sites for hydroxylation is 1. The molecule has 0 spiro atoms. The summed E-state index contributed by atoms with van der Waals surface area (Å²) in [5, 5.41) is 3.16. The van der Waals surface area contributed by atoms with Crippen molar-refractivity contribution in [2.45, 2.75) is 33.2 Å². The number of hydrogen-bond donors (Lipinski definition) is 1. The number of rotatable bonds is 5. The number of carbonyl (C=O) groups excluding carboxylic acids is 1. The van der Waals surface area contributed by atoms with Gasteiger partial charge in [0.2, 0.25) is 0 Å². The molecule has 0 aliphatic rings. The number of carbonyl (C=O) groups is 1. The van der Waals surface area contributed by atoms with Crippen molar-refractivity contribution in [2.75, 3.05) is 6.54 Å². The average Bonchev–Trinajstić information content (AvgIpc) is 2.16. The number of nitrogens with one attached hydrogen (secondary N) is 1. The third-order valence-electron chi connectivity index (χ3n) is 2.41. The van der Waals surface area contributed by atoms with Gasteiger partial charge in [-0.1, -0.05) is 6.92 Å². The van der Waals surface area contributed by atoms with E-state index in [2.05, 4.69) is 5.32 Å². The molecule has 2 nitrogen and oxygen atoms in total. The Morgan fingerprint density at radius 1 is 1.44 bits per heavy atom. The third kappa shape index (κ3) is 3.74. The van der Waals surface area contributed by atoms with Gasteiger partial charge in [-0.05, 0) is 44.2 Å². The maximum atomic E-state index is 13.1. The minimum atomic E-state index is -0.348. The molecular weight excluding hydrogens is 205 g/mol. The SMILES string of the molecule is CCNC(C)CC(=O)c1cc(C)cc(F)c1. The molecule has 0 radical (unpaired) electrons. The van der Waals surface area contributed by atoms with Crippen molar-refractivity contribution in [1.82, 2.24) is 5.32 Å². The number of halogens is 1. The van der Waals surface area contributed by atoms with Crippen LogP contribution in [0.25, 0.3) is 0 Å². The highest BCUT2D eigenvalue weighted by Crippen LogP contribution is 2.11. The summed E-state index contributed by atoms with van der Waals surface area (Å²) < 4.78 is 13.1. The second kappa shape index (κ2) is 5.75. The second-order valence-corrected chi connectivity index (χ2v) is 4.10. The van der Waals surface area contributed by atoms with E-state index in [4.69, 9.17) is 0 Å². The molecule has 0 heterocycles. The van der Waals surface area contributed by atoms with Crippen LogP contribution in [0.4, 0.5) is 4.39 Å². The summed E-state index contributed by atoms with van der Waals surface area (Å²) in [5.74, 6) is -0.365. The Morgan fingerprint density at radius 3 is 2.69 bits per heavy atom. The van der Waals surface area contributed by atoms with E-state index in [1.54, 1.807) is 13.0 Å². The molecule has 0 aliphatic carbocycles.